The molecule has 0 bridgehead atoms. The van der Waals surface area contributed by atoms with Crippen molar-refractivity contribution >= 4 is 12.6 Å². The third-order valence-electron chi connectivity index (χ3n) is 8.40. The van der Waals surface area contributed by atoms with E-state index < -0.39 is 0 Å². The molecule has 0 aromatic rings. The first-order valence-corrected chi connectivity index (χ1v) is 16.0. The standard InChI is InChI=1S/C26H50O3.C4H6O2.C4H6O/c1-2-3-4-6-22-8-10-23(11-9-22)7-5-20-29-26-14-12-24(13-15-26)21-25(16-18-27)17-19-28;1-4(2-5)3-6;1-4(2)3-5/h22-28H,2-21H2,1H3;2,6H,1,3H2;3H,1H2,2H3. The molecule has 2 rings (SSSR count). The van der Waals surface area contributed by atoms with Crippen LogP contribution >= 0.6 is 0 Å². The summed E-state index contributed by atoms with van der Waals surface area (Å²) in [7, 11) is 0. The van der Waals surface area contributed by atoms with Crippen molar-refractivity contribution in [2.24, 2.45) is 23.7 Å². The van der Waals surface area contributed by atoms with Crippen molar-refractivity contribution in [3.8, 4) is 0 Å². The van der Waals surface area contributed by atoms with E-state index in [0.29, 0.717) is 23.9 Å². The Kier molecular flexibility index (Phi) is 25.7. The van der Waals surface area contributed by atoms with E-state index in [9.17, 15) is 19.8 Å². The normalized spacial score (nSPS) is 22.4. The van der Waals surface area contributed by atoms with Crippen molar-refractivity contribution in [2.45, 2.75) is 129 Å². The first-order valence-electron chi connectivity index (χ1n) is 16.0. The number of hydrogen-bond acceptors (Lipinski definition) is 6. The largest absolute Gasteiger partial charge is 0.396 e. The van der Waals surface area contributed by atoms with Crippen LogP contribution in [0.2, 0.25) is 0 Å². The van der Waals surface area contributed by atoms with Crippen LogP contribution in [-0.4, -0.2) is 60.4 Å². The maximum atomic E-state index is 9.48. The van der Waals surface area contributed by atoms with Crippen molar-refractivity contribution in [1.29, 1.82) is 0 Å². The Morgan fingerprint density at radius 3 is 1.70 bits per heavy atom. The third-order valence-corrected chi connectivity index (χ3v) is 8.40. The minimum Gasteiger partial charge on any atom is -0.396 e. The fourth-order valence-corrected chi connectivity index (χ4v) is 5.90. The van der Waals surface area contributed by atoms with Gasteiger partial charge in [-0.3, -0.25) is 9.59 Å². The van der Waals surface area contributed by atoms with E-state index in [1.54, 1.807) is 6.92 Å². The molecule has 40 heavy (non-hydrogen) atoms. The number of carbonyl (C=O) groups excluding carboxylic acids is 2. The molecule has 3 N–H and O–H groups in total. The first-order chi connectivity index (χ1) is 19.3. The predicted molar refractivity (Wildman–Crippen MR) is 165 cm³/mol. The monoisotopic (exact) mass is 566 g/mol. The Morgan fingerprint density at radius 1 is 0.800 bits per heavy atom. The highest BCUT2D eigenvalue weighted by molar-refractivity contribution is 5.72. The van der Waals surface area contributed by atoms with Crippen LogP contribution in [0.5, 0.6) is 0 Å². The number of aliphatic hydroxyl groups excluding tert-OH is 3. The third kappa shape index (κ3) is 21.4. The summed E-state index contributed by atoms with van der Waals surface area (Å²) >= 11 is 0. The summed E-state index contributed by atoms with van der Waals surface area (Å²) in [5.41, 5.74) is 0.792. The first kappa shape index (κ1) is 38.7. The van der Waals surface area contributed by atoms with Crippen LogP contribution in [0.4, 0.5) is 0 Å². The lowest BCUT2D eigenvalue weighted by atomic mass is 9.78. The van der Waals surface area contributed by atoms with Gasteiger partial charge in [0, 0.05) is 25.4 Å². The van der Waals surface area contributed by atoms with Crippen LogP contribution in [0.25, 0.3) is 0 Å². The molecule has 0 aliphatic heterocycles. The summed E-state index contributed by atoms with van der Waals surface area (Å²) in [6.07, 6.45) is 23.8. The Morgan fingerprint density at radius 2 is 1.30 bits per heavy atom. The summed E-state index contributed by atoms with van der Waals surface area (Å²) in [5.74, 6) is 3.25. The molecule has 6 heteroatoms. The van der Waals surface area contributed by atoms with Crippen molar-refractivity contribution < 1.29 is 29.6 Å². The molecule has 234 valence electrons. The van der Waals surface area contributed by atoms with Gasteiger partial charge in [-0.1, -0.05) is 71.4 Å². The van der Waals surface area contributed by atoms with E-state index in [4.69, 9.17) is 9.84 Å². The second kappa shape index (κ2) is 26.6. The Bertz CT molecular complexity index is 626. The zero-order valence-corrected chi connectivity index (χ0v) is 25.9. The molecule has 0 amide bonds. The topological polar surface area (TPSA) is 104 Å². The summed E-state index contributed by atoms with van der Waals surface area (Å²) < 4.78 is 6.23. The molecule has 0 heterocycles. The van der Waals surface area contributed by atoms with Gasteiger partial charge >= 0.3 is 0 Å². The van der Waals surface area contributed by atoms with Crippen molar-refractivity contribution in [3.63, 3.8) is 0 Å². The van der Waals surface area contributed by atoms with Gasteiger partial charge in [-0.25, -0.2) is 0 Å². The van der Waals surface area contributed by atoms with Gasteiger partial charge in [0.1, 0.15) is 12.6 Å². The van der Waals surface area contributed by atoms with Crippen LogP contribution in [-0.2, 0) is 14.3 Å². The molecular weight excluding hydrogens is 504 g/mol. The molecule has 6 nitrogen and oxygen atoms in total. The molecule has 2 aliphatic carbocycles. The lowest BCUT2D eigenvalue weighted by Gasteiger charge is -2.31. The quantitative estimate of drug-likeness (QED) is 0.0938. The minimum absolute atomic E-state index is 0.218. The second-order valence-corrected chi connectivity index (χ2v) is 12.1. The van der Waals surface area contributed by atoms with Crippen LogP contribution in [0.3, 0.4) is 0 Å². The van der Waals surface area contributed by atoms with E-state index in [1.165, 1.54) is 96.3 Å². The van der Waals surface area contributed by atoms with Gasteiger partial charge < -0.3 is 20.1 Å². The van der Waals surface area contributed by atoms with Crippen molar-refractivity contribution in [1.82, 2.24) is 0 Å². The molecule has 2 saturated carbocycles. The lowest BCUT2D eigenvalue weighted by molar-refractivity contribution is -0.105. The van der Waals surface area contributed by atoms with Crippen LogP contribution in [0, 0.1) is 23.7 Å². The van der Waals surface area contributed by atoms with Gasteiger partial charge in [-0.2, -0.15) is 0 Å². The zero-order valence-electron chi connectivity index (χ0n) is 25.9. The van der Waals surface area contributed by atoms with E-state index in [-0.39, 0.29) is 25.4 Å². The van der Waals surface area contributed by atoms with Gasteiger partial charge in [-0.05, 0) is 94.0 Å². The average molecular weight is 567 g/mol. The summed E-state index contributed by atoms with van der Waals surface area (Å²) in [6, 6.07) is 0. The maximum Gasteiger partial charge on any atom is 0.147 e. The molecule has 0 radical (unpaired) electrons. The number of unbranched alkanes of at least 4 members (excludes halogenated alkanes) is 2. The van der Waals surface area contributed by atoms with Crippen LogP contribution < -0.4 is 0 Å². The maximum absolute atomic E-state index is 9.48. The molecule has 2 aliphatic rings. The predicted octanol–water partition coefficient (Wildman–Crippen LogP) is 7.00. The highest BCUT2D eigenvalue weighted by Crippen LogP contribution is 2.35. The number of allylic oxidation sites excluding steroid dienone is 1. The fourth-order valence-electron chi connectivity index (χ4n) is 5.90. The minimum atomic E-state index is -0.233. The number of carbonyl (C=O) groups is 2. The van der Waals surface area contributed by atoms with Gasteiger partial charge in [0.2, 0.25) is 0 Å². The fraction of sp³-hybridized carbons (Fsp3) is 0.824. The van der Waals surface area contributed by atoms with E-state index in [0.717, 1.165) is 43.5 Å². The molecular formula is C34H62O6. The molecule has 0 unspecified atom stereocenters. The Balaban J connectivity index is 0.00000117. The van der Waals surface area contributed by atoms with Gasteiger partial charge in [0.15, 0.2) is 0 Å². The van der Waals surface area contributed by atoms with Crippen LogP contribution in [0.15, 0.2) is 24.3 Å². The highest BCUT2D eigenvalue weighted by atomic mass is 16.5. The zero-order chi connectivity index (χ0) is 30.0. The molecule has 0 atom stereocenters. The number of ether oxygens (including phenoxy) is 1. The second-order valence-electron chi connectivity index (χ2n) is 12.1. The number of hydrogen-bond donors (Lipinski definition) is 3. The molecule has 0 aromatic carbocycles. The lowest BCUT2D eigenvalue weighted by Crippen LogP contribution is -2.24. The van der Waals surface area contributed by atoms with Gasteiger partial charge in [0.05, 0.1) is 12.7 Å². The molecule has 2 fully saturated rings. The van der Waals surface area contributed by atoms with Crippen LogP contribution in [0.1, 0.15) is 123 Å². The number of rotatable bonds is 18. The van der Waals surface area contributed by atoms with Crippen molar-refractivity contribution in [3.05, 3.63) is 24.3 Å². The highest BCUT2D eigenvalue weighted by Gasteiger charge is 2.24. The Hall–Kier alpha value is -1.34. The number of aldehydes is 2. The SMILES string of the molecule is C=C(C)C=O.C=C(C=O)CO.CCCCCC1CCC(CCCOC2CCC(CC(CCO)CCO)CC2)CC1. The van der Waals surface area contributed by atoms with Crippen molar-refractivity contribution in [2.75, 3.05) is 26.4 Å². The van der Waals surface area contributed by atoms with E-state index in [2.05, 4.69) is 20.1 Å². The molecule has 0 spiro atoms. The summed E-state index contributed by atoms with van der Waals surface area (Å²) in [5, 5.41) is 26.4. The Labute approximate surface area is 245 Å². The smallest absolute Gasteiger partial charge is 0.147 e. The number of aliphatic hydroxyl groups is 3. The summed E-state index contributed by atoms with van der Waals surface area (Å²) in [6.45, 7) is 11.7. The van der Waals surface area contributed by atoms with Gasteiger partial charge in [-0.15, -0.1) is 0 Å². The van der Waals surface area contributed by atoms with Gasteiger partial charge in [0.25, 0.3) is 0 Å². The molecule has 0 aromatic heterocycles. The summed E-state index contributed by atoms with van der Waals surface area (Å²) in [4.78, 5) is 18.9. The molecule has 0 saturated heterocycles. The van der Waals surface area contributed by atoms with E-state index in [1.807, 2.05) is 0 Å². The average Bonchev–Trinajstić information content (AvgIpc) is 2.97. The van der Waals surface area contributed by atoms with E-state index >= 15 is 0 Å².